The third-order valence-corrected chi connectivity index (χ3v) is 8.64. The number of carbonyl (C=O) groups excluding carboxylic acids is 1. The van der Waals surface area contributed by atoms with Gasteiger partial charge in [0.15, 0.2) is 0 Å². The van der Waals surface area contributed by atoms with Gasteiger partial charge in [-0.1, -0.05) is 62.4 Å². The number of halogens is 2. The summed E-state index contributed by atoms with van der Waals surface area (Å²) in [6.45, 7) is 5.55. The number of aromatic nitrogens is 1. The van der Waals surface area contributed by atoms with E-state index in [1.165, 1.54) is 22.3 Å². The maximum Gasteiger partial charge on any atom is 0.410 e. The lowest BCUT2D eigenvalue weighted by molar-refractivity contribution is 0.0923. The molecule has 4 aromatic rings. The van der Waals surface area contributed by atoms with Gasteiger partial charge in [-0.15, -0.1) is 0 Å². The van der Waals surface area contributed by atoms with Gasteiger partial charge in [0, 0.05) is 32.1 Å². The third-order valence-electron chi connectivity index (χ3n) is 6.35. The lowest BCUT2D eigenvalue weighted by atomic mass is 9.98. The Labute approximate surface area is 228 Å². The van der Waals surface area contributed by atoms with Crippen LogP contribution in [0.5, 0.6) is 0 Å². The van der Waals surface area contributed by atoms with Crippen molar-refractivity contribution in [3.8, 4) is 11.1 Å². The summed E-state index contributed by atoms with van der Waals surface area (Å²) in [5.41, 5.74) is 5.73. The van der Waals surface area contributed by atoms with E-state index in [2.05, 4.69) is 124 Å². The van der Waals surface area contributed by atoms with Crippen LogP contribution in [0.3, 0.4) is 0 Å². The topological polar surface area (TPSA) is 42.4 Å². The van der Waals surface area contributed by atoms with E-state index in [-0.39, 0.29) is 12.0 Å². The SMILES string of the molecule is CC(C)CN(Cc1cc2cc(Br)c(I)cc2cn1)C(=O)OCC1c2ccccc2-c2ccccc21. The number of rotatable bonds is 6. The van der Waals surface area contributed by atoms with Crippen molar-refractivity contribution >= 4 is 55.4 Å². The average molecular weight is 641 g/mol. The van der Waals surface area contributed by atoms with Gasteiger partial charge < -0.3 is 9.64 Å². The minimum atomic E-state index is -0.300. The largest absolute Gasteiger partial charge is 0.448 e. The molecular weight excluding hydrogens is 615 g/mol. The number of fused-ring (bicyclic) bond motifs is 4. The zero-order valence-corrected chi connectivity index (χ0v) is 23.4. The van der Waals surface area contributed by atoms with Gasteiger partial charge >= 0.3 is 6.09 Å². The van der Waals surface area contributed by atoms with Gasteiger partial charge in [0.2, 0.25) is 0 Å². The normalized spacial score (nSPS) is 12.6. The summed E-state index contributed by atoms with van der Waals surface area (Å²) in [5.74, 6) is 0.359. The van der Waals surface area contributed by atoms with Crippen LogP contribution in [0.15, 0.2) is 77.4 Å². The van der Waals surface area contributed by atoms with Crippen molar-refractivity contribution in [2.75, 3.05) is 13.2 Å². The molecule has 0 fully saturated rings. The lowest BCUT2D eigenvalue weighted by Gasteiger charge is -2.25. The van der Waals surface area contributed by atoms with Crippen LogP contribution < -0.4 is 0 Å². The van der Waals surface area contributed by atoms with Crippen molar-refractivity contribution in [1.29, 1.82) is 0 Å². The maximum absolute atomic E-state index is 13.3. The molecule has 1 amide bonds. The number of hydrogen-bond acceptors (Lipinski definition) is 3. The van der Waals surface area contributed by atoms with Crippen LogP contribution in [0, 0.1) is 9.49 Å². The monoisotopic (exact) mass is 640 g/mol. The molecule has 178 valence electrons. The first-order chi connectivity index (χ1) is 16.9. The summed E-state index contributed by atoms with van der Waals surface area (Å²) in [7, 11) is 0. The molecule has 3 aromatic carbocycles. The molecule has 0 saturated heterocycles. The van der Waals surface area contributed by atoms with Crippen molar-refractivity contribution in [2.45, 2.75) is 26.3 Å². The molecule has 0 saturated carbocycles. The lowest BCUT2D eigenvalue weighted by Crippen LogP contribution is -2.35. The van der Waals surface area contributed by atoms with Crippen molar-refractivity contribution < 1.29 is 9.53 Å². The fourth-order valence-corrected chi connectivity index (χ4v) is 5.65. The number of carbonyl (C=O) groups is 1. The molecule has 1 aliphatic carbocycles. The molecule has 5 rings (SSSR count). The minimum Gasteiger partial charge on any atom is -0.448 e. The minimum absolute atomic E-state index is 0.0471. The molecular formula is C29H26BrIN2O2. The molecule has 0 atom stereocenters. The molecule has 35 heavy (non-hydrogen) atoms. The number of amides is 1. The molecule has 6 heteroatoms. The van der Waals surface area contributed by atoms with E-state index in [0.717, 1.165) is 24.5 Å². The number of hydrogen-bond donors (Lipinski definition) is 0. The first-order valence-electron chi connectivity index (χ1n) is 11.7. The van der Waals surface area contributed by atoms with Gasteiger partial charge in [-0.2, -0.15) is 0 Å². The Bertz CT molecular complexity index is 1360. The van der Waals surface area contributed by atoms with E-state index in [9.17, 15) is 4.79 Å². The molecule has 0 unspecified atom stereocenters. The second kappa shape index (κ2) is 10.3. The van der Waals surface area contributed by atoms with Gasteiger partial charge in [0.25, 0.3) is 0 Å². The first kappa shape index (κ1) is 24.3. The standard InChI is InChI=1S/C29H26BrIN2O2/c1-18(2)15-33(16-21-11-19-12-27(30)28(31)13-20(19)14-32-21)29(34)35-17-26-24-9-5-3-7-22(24)23-8-4-6-10-25(23)26/h3-14,18,26H,15-17H2,1-2H3. The highest BCUT2D eigenvalue weighted by Crippen LogP contribution is 2.44. The highest BCUT2D eigenvalue weighted by Gasteiger charge is 2.30. The Morgan fingerprint density at radius 1 is 1.03 bits per heavy atom. The Kier molecular flexibility index (Phi) is 7.12. The summed E-state index contributed by atoms with van der Waals surface area (Å²) in [6, 6.07) is 23.0. The molecule has 1 aliphatic rings. The Morgan fingerprint density at radius 3 is 2.34 bits per heavy atom. The number of nitrogens with zero attached hydrogens (tertiary/aromatic N) is 2. The summed E-state index contributed by atoms with van der Waals surface area (Å²) < 4.78 is 8.15. The highest BCUT2D eigenvalue weighted by atomic mass is 127. The molecule has 4 nitrogen and oxygen atoms in total. The van der Waals surface area contributed by atoms with Gasteiger partial charge in [-0.25, -0.2) is 4.79 Å². The van der Waals surface area contributed by atoms with Crippen molar-refractivity contribution in [1.82, 2.24) is 9.88 Å². The van der Waals surface area contributed by atoms with E-state index >= 15 is 0 Å². The van der Waals surface area contributed by atoms with Crippen molar-refractivity contribution in [2.24, 2.45) is 5.92 Å². The zero-order valence-electron chi connectivity index (χ0n) is 19.7. The summed E-state index contributed by atoms with van der Waals surface area (Å²) in [5, 5.41) is 2.18. The number of benzene rings is 3. The summed E-state index contributed by atoms with van der Waals surface area (Å²) in [6.07, 6.45) is 1.58. The number of pyridine rings is 1. The fraction of sp³-hybridized carbons (Fsp3) is 0.241. The van der Waals surface area contributed by atoms with Gasteiger partial charge in [0.05, 0.1) is 12.2 Å². The van der Waals surface area contributed by atoms with Crippen LogP contribution in [-0.2, 0) is 11.3 Å². The van der Waals surface area contributed by atoms with Crippen molar-refractivity contribution in [3.05, 3.63) is 97.8 Å². The average Bonchev–Trinajstić information content (AvgIpc) is 3.16. The smallest absolute Gasteiger partial charge is 0.410 e. The van der Waals surface area contributed by atoms with E-state index < -0.39 is 0 Å². The van der Waals surface area contributed by atoms with Gasteiger partial charge in [-0.3, -0.25) is 4.98 Å². The molecule has 0 radical (unpaired) electrons. The molecule has 0 N–H and O–H groups in total. The summed E-state index contributed by atoms with van der Waals surface area (Å²) in [4.78, 5) is 19.7. The Morgan fingerprint density at radius 2 is 1.69 bits per heavy atom. The van der Waals surface area contributed by atoms with Crippen molar-refractivity contribution in [3.63, 3.8) is 0 Å². The van der Waals surface area contributed by atoms with E-state index in [4.69, 9.17) is 4.74 Å². The first-order valence-corrected chi connectivity index (χ1v) is 13.6. The maximum atomic E-state index is 13.3. The van der Waals surface area contributed by atoms with Crippen LogP contribution in [0.25, 0.3) is 21.9 Å². The second-order valence-electron chi connectivity index (χ2n) is 9.37. The zero-order chi connectivity index (χ0) is 24.5. The van der Waals surface area contributed by atoms with Gasteiger partial charge in [-0.05, 0) is 90.3 Å². The molecule has 0 bridgehead atoms. The van der Waals surface area contributed by atoms with Crippen LogP contribution >= 0.6 is 38.5 Å². The van der Waals surface area contributed by atoms with Crippen LogP contribution in [0.1, 0.15) is 36.6 Å². The van der Waals surface area contributed by atoms with E-state index in [1.54, 1.807) is 4.90 Å². The summed E-state index contributed by atoms with van der Waals surface area (Å²) >= 11 is 5.92. The predicted molar refractivity (Wildman–Crippen MR) is 152 cm³/mol. The molecule has 0 aliphatic heterocycles. The molecule has 1 aromatic heterocycles. The second-order valence-corrected chi connectivity index (χ2v) is 11.4. The highest BCUT2D eigenvalue weighted by molar-refractivity contribution is 14.1. The Balaban J connectivity index is 1.35. The number of ether oxygens (including phenoxy) is 1. The van der Waals surface area contributed by atoms with E-state index in [1.807, 2.05) is 6.20 Å². The quantitative estimate of drug-likeness (QED) is 0.201. The molecule has 1 heterocycles. The van der Waals surface area contributed by atoms with Crippen LogP contribution in [0.4, 0.5) is 4.79 Å². The third kappa shape index (κ3) is 5.09. The van der Waals surface area contributed by atoms with Crippen LogP contribution in [0.2, 0.25) is 0 Å². The Hall–Kier alpha value is -2.45. The van der Waals surface area contributed by atoms with Gasteiger partial charge in [0.1, 0.15) is 6.61 Å². The fourth-order valence-electron chi connectivity index (χ4n) is 4.80. The van der Waals surface area contributed by atoms with E-state index in [0.29, 0.717) is 25.6 Å². The predicted octanol–water partition coefficient (Wildman–Crippen LogP) is 8.01. The molecule has 0 spiro atoms. The van der Waals surface area contributed by atoms with Crippen LogP contribution in [-0.4, -0.2) is 29.1 Å².